The van der Waals surface area contributed by atoms with E-state index in [1.807, 2.05) is 0 Å². The first kappa shape index (κ1) is 13.5. The van der Waals surface area contributed by atoms with E-state index in [9.17, 15) is 0 Å². The van der Waals surface area contributed by atoms with Crippen LogP contribution in [0.3, 0.4) is 0 Å². The monoisotopic (exact) mass is 228 g/mol. The van der Waals surface area contributed by atoms with Crippen LogP contribution in [0.2, 0.25) is 0 Å². The summed E-state index contributed by atoms with van der Waals surface area (Å²) in [6.07, 6.45) is 14.4. The average molecular weight is 228 g/mol. The zero-order chi connectivity index (χ0) is 11.1. The van der Waals surface area contributed by atoms with E-state index in [1.165, 1.54) is 64.2 Å². The maximum Gasteiger partial charge on any atom is -0.0122 e. The molecule has 1 rings (SSSR count). The zero-order valence-electron chi connectivity index (χ0n) is 10.7. The van der Waals surface area contributed by atoms with Gasteiger partial charge >= 0.3 is 0 Å². The molecule has 3 atom stereocenters. The van der Waals surface area contributed by atoms with E-state index in [2.05, 4.69) is 23.1 Å². The molecule has 1 saturated carbocycles. The fourth-order valence-electron chi connectivity index (χ4n) is 3.05. The molecular formula is C14H29P. The molecule has 0 amide bonds. The van der Waals surface area contributed by atoms with Crippen molar-refractivity contribution in [3.63, 3.8) is 0 Å². The summed E-state index contributed by atoms with van der Waals surface area (Å²) in [5, 5.41) is 0.615. The molecule has 0 nitrogen and oxygen atoms in total. The molecular weight excluding hydrogens is 199 g/mol. The fraction of sp³-hybridized carbons (Fsp3) is 1.00. The zero-order valence-corrected chi connectivity index (χ0v) is 11.9. The first-order valence-electron chi connectivity index (χ1n) is 7.02. The standard InChI is InChI=1S/C14H29P/c1-3-5-9-13-10-7-8-12-14(13,15)11-6-4-2/h13H,3-12,15H2,1-2H3. The molecule has 3 unspecified atom stereocenters. The highest BCUT2D eigenvalue weighted by Crippen LogP contribution is 2.46. The van der Waals surface area contributed by atoms with Gasteiger partial charge in [0.25, 0.3) is 0 Å². The van der Waals surface area contributed by atoms with Gasteiger partial charge in [0, 0.05) is 0 Å². The molecule has 0 bridgehead atoms. The van der Waals surface area contributed by atoms with Crippen molar-refractivity contribution >= 4 is 9.24 Å². The highest BCUT2D eigenvalue weighted by molar-refractivity contribution is 7.19. The first-order valence-corrected chi connectivity index (χ1v) is 7.59. The van der Waals surface area contributed by atoms with Crippen molar-refractivity contribution in [2.24, 2.45) is 5.92 Å². The minimum atomic E-state index is 0.615. The molecule has 0 aromatic heterocycles. The number of rotatable bonds is 6. The van der Waals surface area contributed by atoms with Gasteiger partial charge < -0.3 is 0 Å². The summed E-state index contributed by atoms with van der Waals surface area (Å²) in [6, 6.07) is 0. The Balaban J connectivity index is 2.46. The van der Waals surface area contributed by atoms with Crippen LogP contribution in [0.25, 0.3) is 0 Å². The molecule has 1 aliphatic rings. The Morgan fingerprint density at radius 1 is 1.13 bits per heavy atom. The molecule has 0 heterocycles. The van der Waals surface area contributed by atoms with Crippen LogP contribution >= 0.6 is 9.24 Å². The topological polar surface area (TPSA) is 0 Å². The lowest BCUT2D eigenvalue weighted by molar-refractivity contribution is 0.237. The summed E-state index contributed by atoms with van der Waals surface area (Å²) in [6.45, 7) is 4.64. The van der Waals surface area contributed by atoms with Crippen LogP contribution in [0.5, 0.6) is 0 Å². The van der Waals surface area contributed by atoms with Crippen molar-refractivity contribution < 1.29 is 0 Å². The van der Waals surface area contributed by atoms with Gasteiger partial charge in [0.15, 0.2) is 0 Å². The molecule has 0 aromatic carbocycles. The molecule has 90 valence electrons. The van der Waals surface area contributed by atoms with Gasteiger partial charge in [-0.25, -0.2) is 0 Å². The van der Waals surface area contributed by atoms with Crippen LogP contribution in [-0.4, -0.2) is 5.16 Å². The summed E-state index contributed by atoms with van der Waals surface area (Å²) in [5.41, 5.74) is 0. The Bertz CT molecular complexity index is 167. The van der Waals surface area contributed by atoms with Gasteiger partial charge in [0.05, 0.1) is 0 Å². The lowest BCUT2D eigenvalue weighted by Gasteiger charge is -2.42. The van der Waals surface area contributed by atoms with Crippen LogP contribution in [0.15, 0.2) is 0 Å². The third-order valence-electron chi connectivity index (χ3n) is 4.16. The molecule has 1 fully saturated rings. The van der Waals surface area contributed by atoms with E-state index in [1.54, 1.807) is 0 Å². The van der Waals surface area contributed by atoms with Gasteiger partial charge in [-0.1, -0.05) is 52.4 Å². The maximum atomic E-state index is 3.25. The second-order valence-electron chi connectivity index (χ2n) is 5.42. The highest BCUT2D eigenvalue weighted by Gasteiger charge is 2.35. The van der Waals surface area contributed by atoms with Gasteiger partial charge in [0.2, 0.25) is 0 Å². The molecule has 0 aliphatic heterocycles. The number of unbranched alkanes of at least 4 members (excludes halogenated alkanes) is 2. The van der Waals surface area contributed by atoms with Gasteiger partial charge in [0.1, 0.15) is 0 Å². The van der Waals surface area contributed by atoms with Crippen LogP contribution < -0.4 is 0 Å². The van der Waals surface area contributed by atoms with E-state index in [0.717, 1.165) is 5.92 Å². The SMILES string of the molecule is CCCCC1CCCCC1(P)CCCC. The Labute approximate surface area is 98.8 Å². The predicted molar refractivity (Wildman–Crippen MR) is 73.4 cm³/mol. The summed E-state index contributed by atoms with van der Waals surface area (Å²) in [7, 11) is 3.25. The quantitative estimate of drug-likeness (QED) is 0.550. The van der Waals surface area contributed by atoms with Crippen molar-refractivity contribution in [1.29, 1.82) is 0 Å². The van der Waals surface area contributed by atoms with Crippen LogP contribution in [0, 0.1) is 5.92 Å². The Hall–Kier alpha value is 0.430. The largest absolute Gasteiger partial charge is 0.131 e. The molecule has 0 saturated heterocycles. The Morgan fingerprint density at radius 2 is 1.87 bits per heavy atom. The number of hydrogen-bond donors (Lipinski definition) is 0. The van der Waals surface area contributed by atoms with Crippen molar-refractivity contribution in [2.45, 2.75) is 83.2 Å². The van der Waals surface area contributed by atoms with Crippen molar-refractivity contribution in [3.05, 3.63) is 0 Å². The third kappa shape index (κ3) is 4.06. The normalized spacial score (nSPS) is 31.8. The highest BCUT2D eigenvalue weighted by atomic mass is 31.0. The predicted octanol–water partition coefficient (Wildman–Crippen LogP) is 5.17. The molecule has 0 aromatic rings. The van der Waals surface area contributed by atoms with Crippen molar-refractivity contribution in [2.75, 3.05) is 0 Å². The summed E-state index contributed by atoms with van der Waals surface area (Å²) >= 11 is 0. The minimum Gasteiger partial charge on any atom is -0.131 e. The van der Waals surface area contributed by atoms with E-state index >= 15 is 0 Å². The molecule has 1 aliphatic carbocycles. The molecule has 1 heteroatoms. The number of hydrogen-bond acceptors (Lipinski definition) is 0. The van der Waals surface area contributed by atoms with Crippen molar-refractivity contribution in [3.8, 4) is 0 Å². The van der Waals surface area contributed by atoms with Gasteiger partial charge in [-0.05, 0) is 36.8 Å². The van der Waals surface area contributed by atoms with Gasteiger partial charge in [-0.15, -0.1) is 9.24 Å². The van der Waals surface area contributed by atoms with Gasteiger partial charge in [-0.2, -0.15) is 0 Å². The fourth-order valence-corrected chi connectivity index (χ4v) is 3.80. The van der Waals surface area contributed by atoms with E-state index in [-0.39, 0.29) is 0 Å². The molecule has 0 radical (unpaired) electrons. The van der Waals surface area contributed by atoms with E-state index in [4.69, 9.17) is 0 Å². The minimum absolute atomic E-state index is 0.615. The van der Waals surface area contributed by atoms with E-state index in [0.29, 0.717) is 5.16 Å². The molecule has 0 N–H and O–H groups in total. The van der Waals surface area contributed by atoms with Crippen LogP contribution in [-0.2, 0) is 0 Å². The van der Waals surface area contributed by atoms with Gasteiger partial charge in [-0.3, -0.25) is 0 Å². The molecule has 0 spiro atoms. The average Bonchev–Trinajstić information content (AvgIpc) is 2.25. The Kier molecular flexibility index (Phi) is 6.20. The van der Waals surface area contributed by atoms with Crippen LogP contribution in [0.1, 0.15) is 78.1 Å². The summed E-state index contributed by atoms with van der Waals surface area (Å²) in [4.78, 5) is 0. The second kappa shape index (κ2) is 6.89. The third-order valence-corrected chi connectivity index (χ3v) is 5.21. The lowest BCUT2D eigenvalue weighted by Crippen LogP contribution is -2.34. The second-order valence-corrected chi connectivity index (χ2v) is 6.57. The van der Waals surface area contributed by atoms with Crippen LogP contribution in [0.4, 0.5) is 0 Å². The molecule has 15 heavy (non-hydrogen) atoms. The van der Waals surface area contributed by atoms with E-state index < -0.39 is 0 Å². The Morgan fingerprint density at radius 3 is 2.53 bits per heavy atom. The lowest BCUT2D eigenvalue weighted by atomic mass is 9.73. The van der Waals surface area contributed by atoms with Crippen molar-refractivity contribution in [1.82, 2.24) is 0 Å². The smallest absolute Gasteiger partial charge is 0.0122 e. The maximum absolute atomic E-state index is 3.25. The summed E-state index contributed by atoms with van der Waals surface area (Å²) < 4.78 is 0. The first-order chi connectivity index (χ1) is 7.23. The summed E-state index contributed by atoms with van der Waals surface area (Å²) in [5.74, 6) is 1.00.